The fourth-order valence-corrected chi connectivity index (χ4v) is 1.45. The molecule has 0 unspecified atom stereocenters. The van der Waals surface area contributed by atoms with Crippen LogP contribution in [0.15, 0.2) is 24.3 Å². The summed E-state index contributed by atoms with van der Waals surface area (Å²) in [5.74, 6) is 5.73. The van der Waals surface area contributed by atoms with E-state index in [1.165, 1.54) is 5.56 Å². The maximum Gasteiger partial charge on any atom is 0.234 e. The van der Waals surface area contributed by atoms with E-state index in [9.17, 15) is 4.79 Å². The van der Waals surface area contributed by atoms with E-state index in [0.717, 1.165) is 18.4 Å². The molecule has 0 bridgehead atoms. The summed E-state index contributed by atoms with van der Waals surface area (Å²) in [4.78, 5) is 10.9. The summed E-state index contributed by atoms with van der Waals surface area (Å²) in [5.41, 5.74) is 7.44. The van der Waals surface area contributed by atoms with Gasteiger partial charge >= 0.3 is 0 Å². The van der Waals surface area contributed by atoms with Crippen molar-refractivity contribution < 1.29 is 4.79 Å². The first-order valence-corrected chi connectivity index (χ1v) is 5.81. The molecule has 0 atom stereocenters. The van der Waals surface area contributed by atoms with Gasteiger partial charge in [0.15, 0.2) is 0 Å². The Hall–Kier alpha value is -1.79. The van der Waals surface area contributed by atoms with Crippen LogP contribution in [0.4, 0.5) is 0 Å². The minimum absolute atomic E-state index is 0.00760. The van der Waals surface area contributed by atoms with Gasteiger partial charge in [-0.3, -0.25) is 4.79 Å². The Labute approximate surface area is 102 Å². The molecule has 0 radical (unpaired) electrons. The predicted octanol–water partition coefficient (Wildman–Crippen LogP) is 1.07. The van der Waals surface area contributed by atoms with Gasteiger partial charge in [0, 0.05) is 5.56 Å². The van der Waals surface area contributed by atoms with E-state index in [0.29, 0.717) is 6.54 Å². The zero-order chi connectivity index (χ0) is 12.5. The number of carbonyl (C=O) groups is 1. The smallest absolute Gasteiger partial charge is 0.234 e. The number of benzene rings is 1. The van der Waals surface area contributed by atoms with Crippen molar-refractivity contribution in [3.8, 4) is 11.8 Å². The molecule has 0 saturated heterocycles. The van der Waals surface area contributed by atoms with Gasteiger partial charge in [-0.15, -0.1) is 0 Å². The first-order valence-electron chi connectivity index (χ1n) is 5.81. The molecule has 0 saturated carbocycles. The number of hydrogen-bond donors (Lipinski definition) is 2. The molecule has 1 aromatic rings. The first kappa shape index (κ1) is 13.3. The summed E-state index contributed by atoms with van der Waals surface area (Å²) in [5, 5.41) is 2.60. The summed E-state index contributed by atoms with van der Waals surface area (Å²) in [7, 11) is 0. The van der Waals surface area contributed by atoms with Crippen LogP contribution in [0.25, 0.3) is 0 Å². The number of carbonyl (C=O) groups excluding carboxylic acids is 1. The normalized spacial score (nSPS) is 9.29. The number of nitrogens with one attached hydrogen (secondary N) is 1. The molecule has 0 aliphatic carbocycles. The lowest BCUT2D eigenvalue weighted by Crippen LogP contribution is -2.30. The molecule has 0 aliphatic heterocycles. The van der Waals surface area contributed by atoms with Gasteiger partial charge in [0.25, 0.3) is 0 Å². The number of nitrogens with two attached hydrogens (primary N) is 1. The van der Waals surface area contributed by atoms with Gasteiger partial charge in [0.05, 0.1) is 13.1 Å². The molecule has 3 heteroatoms. The van der Waals surface area contributed by atoms with Crippen molar-refractivity contribution in [3.05, 3.63) is 35.4 Å². The molecule has 1 aromatic carbocycles. The Morgan fingerprint density at radius 2 is 2.29 bits per heavy atom. The van der Waals surface area contributed by atoms with E-state index < -0.39 is 0 Å². The Kier molecular flexibility index (Phi) is 5.84. The third kappa shape index (κ3) is 5.19. The zero-order valence-electron chi connectivity index (χ0n) is 10.1. The maximum absolute atomic E-state index is 10.9. The second-order valence-electron chi connectivity index (χ2n) is 3.73. The van der Waals surface area contributed by atoms with Crippen LogP contribution < -0.4 is 11.1 Å². The highest BCUT2D eigenvalue weighted by Crippen LogP contribution is 2.06. The molecule has 0 aromatic heterocycles. The van der Waals surface area contributed by atoms with Crippen molar-refractivity contribution in [2.75, 3.05) is 13.1 Å². The largest absolute Gasteiger partial charge is 0.344 e. The molecule has 0 heterocycles. The third-order valence-electron chi connectivity index (χ3n) is 2.26. The molecule has 0 aliphatic rings. The van der Waals surface area contributed by atoms with Gasteiger partial charge in [0.2, 0.25) is 5.91 Å². The highest BCUT2D eigenvalue weighted by molar-refractivity contribution is 5.77. The van der Waals surface area contributed by atoms with Crippen molar-refractivity contribution in [2.24, 2.45) is 5.73 Å². The van der Waals surface area contributed by atoms with Crippen LogP contribution in [0.1, 0.15) is 24.5 Å². The average Bonchev–Trinajstić information content (AvgIpc) is 2.35. The highest BCUT2D eigenvalue weighted by atomic mass is 16.1. The topological polar surface area (TPSA) is 55.1 Å². The summed E-state index contributed by atoms with van der Waals surface area (Å²) in [6.07, 6.45) is 2.20. The van der Waals surface area contributed by atoms with Crippen LogP contribution in [0.5, 0.6) is 0 Å². The standard InChI is InChI=1S/C14H18N2O/c1-2-5-12-6-3-7-13(10-12)8-4-9-16-14(17)11-15/h3,6-7,10H,2,5,9,11,15H2,1H3,(H,16,17). The Morgan fingerprint density at radius 3 is 3.00 bits per heavy atom. The highest BCUT2D eigenvalue weighted by Gasteiger charge is 1.93. The van der Waals surface area contributed by atoms with Crippen LogP contribution in [0, 0.1) is 11.8 Å². The Bertz CT molecular complexity index is 429. The molecular weight excluding hydrogens is 212 g/mol. The van der Waals surface area contributed by atoms with E-state index in [1.807, 2.05) is 12.1 Å². The second-order valence-corrected chi connectivity index (χ2v) is 3.73. The molecule has 0 spiro atoms. The van der Waals surface area contributed by atoms with Crippen molar-refractivity contribution >= 4 is 5.91 Å². The van der Waals surface area contributed by atoms with E-state index in [2.05, 4.69) is 36.2 Å². The molecule has 3 N–H and O–H groups in total. The molecule has 17 heavy (non-hydrogen) atoms. The van der Waals surface area contributed by atoms with Gasteiger partial charge in [-0.25, -0.2) is 0 Å². The van der Waals surface area contributed by atoms with Crippen LogP contribution in [0.2, 0.25) is 0 Å². The van der Waals surface area contributed by atoms with E-state index in [1.54, 1.807) is 0 Å². The summed E-state index contributed by atoms with van der Waals surface area (Å²) >= 11 is 0. The number of rotatable bonds is 4. The van der Waals surface area contributed by atoms with Crippen LogP contribution >= 0.6 is 0 Å². The molecule has 3 nitrogen and oxygen atoms in total. The fourth-order valence-electron chi connectivity index (χ4n) is 1.45. The van der Waals surface area contributed by atoms with E-state index in [-0.39, 0.29) is 12.5 Å². The molecule has 1 rings (SSSR count). The van der Waals surface area contributed by atoms with Gasteiger partial charge in [0.1, 0.15) is 0 Å². The van der Waals surface area contributed by atoms with Crippen molar-refractivity contribution in [3.63, 3.8) is 0 Å². The summed E-state index contributed by atoms with van der Waals surface area (Å²) in [6.45, 7) is 2.50. The molecule has 0 fully saturated rings. The molecular formula is C14H18N2O. The number of hydrogen-bond acceptors (Lipinski definition) is 2. The maximum atomic E-state index is 10.9. The third-order valence-corrected chi connectivity index (χ3v) is 2.26. The van der Waals surface area contributed by atoms with Crippen molar-refractivity contribution in [2.45, 2.75) is 19.8 Å². The van der Waals surface area contributed by atoms with Gasteiger partial charge < -0.3 is 11.1 Å². The minimum atomic E-state index is -0.181. The minimum Gasteiger partial charge on any atom is -0.344 e. The summed E-state index contributed by atoms with van der Waals surface area (Å²) < 4.78 is 0. The first-order chi connectivity index (χ1) is 8.26. The molecule has 1 amide bonds. The quantitative estimate of drug-likeness (QED) is 0.760. The van der Waals surface area contributed by atoms with Crippen LogP contribution in [-0.2, 0) is 11.2 Å². The number of amides is 1. The van der Waals surface area contributed by atoms with Crippen molar-refractivity contribution in [1.29, 1.82) is 0 Å². The van der Waals surface area contributed by atoms with E-state index >= 15 is 0 Å². The predicted molar refractivity (Wildman–Crippen MR) is 69.4 cm³/mol. The lowest BCUT2D eigenvalue weighted by molar-refractivity contribution is -0.119. The average molecular weight is 230 g/mol. The Balaban J connectivity index is 2.53. The molecule has 90 valence electrons. The Morgan fingerprint density at radius 1 is 1.47 bits per heavy atom. The monoisotopic (exact) mass is 230 g/mol. The zero-order valence-corrected chi connectivity index (χ0v) is 10.1. The van der Waals surface area contributed by atoms with Crippen LogP contribution in [-0.4, -0.2) is 19.0 Å². The van der Waals surface area contributed by atoms with Gasteiger partial charge in [-0.2, -0.15) is 0 Å². The number of aryl methyl sites for hydroxylation is 1. The van der Waals surface area contributed by atoms with Gasteiger partial charge in [-0.1, -0.05) is 37.3 Å². The van der Waals surface area contributed by atoms with Gasteiger partial charge in [-0.05, 0) is 24.1 Å². The van der Waals surface area contributed by atoms with Crippen LogP contribution in [0.3, 0.4) is 0 Å². The lowest BCUT2D eigenvalue weighted by Gasteiger charge is -1.98. The second kappa shape index (κ2) is 7.48. The fraction of sp³-hybridized carbons (Fsp3) is 0.357. The lowest BCUT2D eigenvalue weighted by atomic mass is 10.1. The summed E-state index contributed by atoms with van der Waals surface area (Å²) in [6, 6.07) is 8.16. The van der Waals surface area contributed by atoms with Crippen molar-refractivity contribution in [1.82, 2.24) is 5.32 Å². The SMILES string of the molecule is CCCc1cccc(C#CCNC(=O)CN)c1. The van der Waals surface area contributed by atoms with E-state index in [4.69, 9.17) is 5.73 Å².